The Kier molecular flexibility index (Phi) is 6.98. The Labute approximate surface area is 184 Å². The molecule has 2 aliphatic rings. The van der Waals surface area contributed by atoms with Gasteiger partial charge in [-0.25, -0.2) is 4.79 Å². The number of rotatable bonds is 4. The van der Waals surface area contributed by atoms with Gasteiger partial charge in [-0.15, -0.1) is 0 Å². The lowest BCUT2D eigenvalue weighted by Gasteiger charge is -2.37. The molecule has 0 N–H and O–H groups in total. The topological polar surface area (TPSA) is 54.0 Å². The van der Waals surface area contributed by atoms with Crippen molar-refractivity contribution in [3.05, 3.63) is 59.9 Å². The third-order valence-electron chi connectivity index (χ3n) is 5.04. The molecule has 5 nitrogen and oxygen atoms in total. The van der Waals surface area contributed by atoms with Crippen LogP contribution in [0.2, 0.25) is 0 Å². The van der Waals surface area contributed by atoms with Crippen LogP contribution in [-0.4, -0.2) is 37.8 Å². The molecular weight excluding hydrogens is 425 g/mol. The highest BCUT2D eigenvalue weighted by atomic mass is 19.4. The van der Waals surface area contributed by atoms with E-state index in [-0.39, 0.29) is 25.0 Å². The highest BCUT2D eigenvalue weighted by molar-refractivity contribution is 5.82. The van der Waals surface area contributed by atoms with Gasteiger partial charge in [0.05, 0.1) is 6.61 Å². The number of halogens is 3. The zero-order valence-corrected chi connectivity index (χ0v) is 17.5. The van der Waals surface area contributed by atoms with Gasteiger partial charge in [0.15, 0.2) is 0 Å². The van der Waals surface area contributed by atoms with E-state index in [0.717, 1.165) is 7.11 Å². The third-order valence-corrected chi connectivity index (χ3v) is 5.04. The van der Waals surface area contributed by atoms with Gasteiger partial charge in [0, 0.05) is 25.2 Å². The zero-order chi connectivity index (χ0) is 23.2. The van der Waals surface area contributed by atoms with Crippen LogP contribution in [0.15, 0.2) is 54.3 Å². The van der Waals surface area contributed by atoms with E-state index in [0.29, 0.717) is 5.76 Å². The number of hydrogen-bond acceptors (Lipinski definition) is 5. The highest BCUT2D eigenvalue weighted by Gasteiger charge is 2.64. The van der Waals surface area contributed by atoms with Gasteiger partial charge in [-0.1, -0.05) is 42.2 Å². The molecular formula is C24H21F3O5. The summed E-state index contributed by atoms with van der Waals surface area (Å²) in [5, 5.41) is 0. The fourth-order valence-electron chi connectivity index (χ4n) is 3.44. The number of methoxy groups -OCH3 is 1. The number of carbonyl (C=O) groups excluding carboxylic acids is 1. The van der Waals surface area contributed by atoms with Crippen LogP contribution < -0.4 is 0 Å². The molecule has 0 amide bonds. The van der Waals surface area contributed by atoms with E-state index in [9.17, 15) is 18.0 Å². The molecule has 2 heterocycles. The molecule has 1 fully saturated rings. The Balaban J connectivity index is 1.68. The lowest BCUT2D eigenvalue weighted by Crippen LogP contribution is -2.53. The second-order valence-electron chi connectivity index (χ2n) is 7.06. The highest BCUT2D eigenvalue weighted by Crippen LogP contribution is 2.44. The Hall–Kier alpha value is -3.20. The number of allylic oxidation sites excluding steroid dienone is 2. The average Bonchev–Trinajstić information content (AvgIpc) is 3.16. The molecule has 8 heteroatoms. The largest absolute Gasteiger partial charge is 0.458 e. The monoisotopic (exact) mass is 446 g/mol. The maximum absolute atomic E-state index is 14.0. The first-order chi connectivity index (χ1) is 15.3. The lowest BCUT2D eigenvalue weighted by atomic mass is 9.92. The van der Waals surface area contributed by atoms with E-state index in [1.54, 1.807) is 31.2 Å². The van der Waals surface area contributed by atoms with Gasteiger partial charge < -0.3 is 18.9 Å². The molecule has 1 aromatic carbocycles. The molecule has 168 valence electrons. The summed E-state index contributed by atoms with van der Waals surface area (Å²) in [7, 11) is 0.828. The number of benzene rings is 1. The van der Waals surface area contributed by atoms with Gasteiger partial charge in [-0.05, 0) is 37.3 Å². The Morgan fingerprint density at radius 1 is 1.25 bits per heavy atom. The maximum Gasteiger partial charge on any atom is 0.432 e. The molecule has 1 aromatic rings. The summed E-state index contributed by atoms with van der Waals surface area (Å²) in [6.45, 7) is 1.54. The smallest absolute Gasteiger partial charge is 0.432 e. The molecule has 3 atom stereocenters. The van der Waals surface area contributed by atoms with Crippen molar-refractivity contribution in [3.8, 4) is 23.7 Å². The van der Waals surface area contributed by atoms with Crippen LogP contribution >= 0.6 is 0 Å². The summed E-state index contributed by atoms with van der Waals surface area (Å²) in [4.78, 5) is 12.7. The summed E-state index contributed by atoms with van der Waals surface area (Å²) < 4.78 is 63.4. The first-order valence-corrected chi connectivity index (χ1v) is 9.79. The molecule has 1 spiro atoms. The Morgan fingerprint density at radius 3 is 2.59 bits per heavy atom. The van der Waals surface area contributed by atoms with E-state index < -0.39 is 29.6 Å². The average molecular weight is 446 g/mol. The molecule has 0 aromatic heterocycles. The summed E-state index contributed by atoms with van der Waals surface area (Å²) in [5.41, 5.74) is -3.60. The lowest BCUT2D eigenvalue weighted by molar-refractivity contribution is -0.283. The predicted octanol–water partition coefficient (Wildman–Crippen LogP) is 4.01. The fraction of sp³-hybridized carbons (Fsp3) is 0.375. The van der Waals surface area contributed by atoms with E-state index in [1.807, 2.05) is 0 Å². The zero-order valence-electron chi connectivity index (χ0n) is 17.5. The van der Waals surface area contributed by atoms with Crippen LogP contribution in [0.4, 0.5) is 13.2 Å². The van der Waals surface area contributed by atoms with Crippen molar-refractivity contribution in [2.45, 2.75) is 43.4 Å². The van der Waals surface area contributed by atoms with Crippen molar-refractivity contribution in [2.75, 3.05) is 13.7 Å². The van der Waals surface area contributed by atoms with Crippen LogP contribution in [0.3, 0.4) is 0 Å². The van der Waals surface area contributed by atoms with Gasteiger partial charge in [0.25, 0.3) is 5.60 Å². The molecule has 0 unspecified atom stereocenters. The molecule has 0 bridgehead atoms. The van der Waals surface area contributed by atoms with E-state index in [2.05, 4.69) is 23.7 Å². The van der Waals surface area contributed by atoms with Crippen LogP contribution in [0, 0.1) is 23.7 Å². The minimum atomic E-state index is -5.03. The second kappa shape index (κ2) is 9.52. The SMILES string of the molecule is CC#CC#CC=C1C=C[C@@]2(CC[C@@H](OC(=O)[C@](OC)(c3ccccc3)C(F)(F)F)CO2)O1. The summed E-state index contributed by atoms with van der Waals surface area (Å²) >= 11 is 0. The first kappa shape index (κ1) is 23.5. The van der Waals surface area contributed by atoms with Gasteiger partial charge in [-0.2, -0.15) is 13.2 Å². The van der Waals surface area contributed by atoms with Crippen molar-refractivity contribution in [1.29, 1.82) is 0 Å². The predicted molar refractivity (Wildman–Crippen MR) is 109 cm³/mol. The third kappa shape index (κ3) is 4.67. The van der Waals surface area contributed by atoms with Gasteiger partial charge in [-0.3, -0.25) is 0 Å². The number of esters is 1. The normalized spacial score (nSPS) is 25.2. The molecule has 0 radical (unpaired) electrons. The Morgan fingerprint density at radius 2 is 2.00 bits per heavy atom. The van der Waals surface area contributed by atoms with Crippen molar-refractivity contribution in [2.24, 2.45) is 0 Å². The van der Waals surface area contributed by atoms with Crippen LogP contribution in [0.1, 0.15) is 25.3 Å². The first-order valence-electron chi connectivity index (χ1n) is 9.79. The molecule has 0 saturated carbocycles. The van der Waals surface area contributed by atoms with E-state index in [1.165, 1.54) is 24.3 Å². The standard InChI is InChI=1S/C24H21F3O5/c1-3-4-5-9-12-19-13-15-22(32-19)16-14-20(17-30-22)31-21(28)23(29-2,24(25,26)27)18-10-7-6-8-11-18/h6-8,10-13,15,20H,14,16-17H2,1-2H3/t20-,22+,23-/m1/s1. The number of hydrogen-bond donors (Lipinski definition) is 0. The van der Waals surface area contributed by atoms with E-state index >= 15 is 0 Å². The fourth-order valence-corrected chi connectivity index (χ4v) is 3.44. The summed E-state index contributed by atoms with van der Waals surface area (Å²) in [6.07, 6.45) is -0.476. The van der Waals surface area contributed by atoms with Gasteiger partial charge >= 0.3 is 12.1 Å². The van der Waals surface area contributed by atoms with Crippen molar-refractivity contribution in [3.63, 3.8) is 0 Å². The molecule has 0 aliphatic carbocycles. The number of carbonyl (C=O) groups is 1. The molecule has 2 aliphatic heterocycles. The van der Waals surface area contributed by atoms with Crippen molar-refractivity contribution < 1.29 is 36.9 Å². The Bertz CT molecular complexity index is 1010. The summed E-state index contributed by atoms with van der Waals surface area (Å²) in [6, 6.07) is 6.67. The summed E-state index contributed by atoms with van der Waals surface area (Å²) in [5.74, 6) is 8.48. The van der Waals surface area contributed by atoms with Crippen molar-refractivity contribution in [1.82, 2.24) is 0 Å². The van der Waals surface area contributed by atoms with E-state index in [4.69, 9.17) is 18.9 Å². The molecule has 1 saturated heterocycles. The number of ether oxygens (including phenoxy) is 4. The van der Waals surface area contributed by atoms with Crippen molar-refractivity contribution >= 4 is 5.97 Å². The van der Waals surface area contributed by atoms with Crippen LogP contribution in [-0.2, 0) is 29.3 Å². The maximum atomic E-state index is 14.0. The second-order valence-corrected chi connectivity index (χ2v) is 7.06. The number of alkyl halides is 3. The molecule has 3 rings (SSSR count). The minimum Gasteiger partial charge on any atom is -0.458 e. The van der Waals surface area contributed by atoms with Gasteiger partial charge in [0.1, 0.15) is 11.9 Å². The van der Waals surface area contributed by atoms with Crippen LogP contribution in [0.5, 0.6) is 0 Å². The molecule has 32 heavy (non-hydrogen) atoms. The quantitative estimate of drug-likeness (QED) is 0.517. The minimum absolute atomic E-state index is 0.136. The van der Waals surface area contributed by atoms with Gasteiger partial charge in [0.2, 0.25) is 5.79 Å². The van der Waals surface area contributed by atoms with Crippen LogP contribution in [0.25, 0.3) is 0 Å².